The first-order valence-electron chi connectivity index (χ1n) is 6.91. The average Bonchev–Trinajstić information content (AvgIpc) is 3.28. The number of H-pyrrole nitrogens is 1. The molecule has 0 saturated heterocycles. The average molecular weight is 306 g/mol. The number of hydrogen-bond acceptors (Lipinski definition) is 5. The summed E-state index contributed by atoms with van der Waals surface area (Å²) in [7, 11) is 1.64. The lowest BCUT2D eigenvalue weighted by Gasteiger charge is -2.17. The Morgan fingerprint density at radius 3 is 2.95 bits per heavy atom. The number of aromatic amines is 1. The quantitative estimate of drug-likeness (QED) is 0.793. The number of para-hydroxylation sites is 1. The van der Waals surface area contributed by atoms with Gasteiger partial charge in [-0.25, -0.2) is 9.89 Å². The molecule has 1 atom stereocenters. The highest BCUT2D eigenvalue weighted by Crippen LogP contribution is 2.41. The lowest BCUT2D eigenvalue weighted by atomic mass is 10.1. The van der Waals surface area contributed by atoms with Crippen molar-refractivity contribution >= 4 is 11.8 Å². The Bertz CT molecular complexity index is 678. The summed E-state index contributed by atoms with van der Waals surface area (Å²) in [6.45, 7) is 0.441. The topological polar surface area (TPSA) is 85.9 Å². The maximum Gasteiger partial charge on any atom is 0.344 e. The smallest absolute Gasteiger partial charge is 0.344 e. The minimum atomic E-state index is -0.143. The van der Waals surface area contributed by atoms with E-state index >= 15 is 0 Å². The lowest BCUT2D eigenvalue weighted by Crippen LogP contribution is -2.17. The molecule has 1 aliphatic carbocycles. The van der Waals surface area contributed by atoms with Crippen molar-refractivity contribution in [2.45, 2.75) is 29.3 Å². The van der Waals surface area contributed by atoms with E-state index in [0.717, 1.165) is 24.2 Å². The van der Waals surface area contributed by atoms with Gasteiger partial charge in [-0.05, 0) is 18.9 Å². The Balaban J connectivity index is 1.90. The minimum absolute atomic E-state index is 0.00569. The van der Waals surface area contributed by atoms with Crippen LogP contribution in [-0.4, -0.2) is 28.4 Å². The molecule has 1 heterocycles. The van der Waals surface area contributed by atoms with Crippen LogP contribution in [0.25, 0.3) is 0 Å². The number of methoxy groups -OCH3 is 1. The van der Waals surface area contributed by atoms with Crippen LogP contribution >= 0.6 is 11.8 Å². The monoisotopic (exact) mass is 306 g/mol. The van der Waals surface area contributed by atoms with E-state index in [1.165, 1.54) is 11.8 Å². The van der Waals surface area contributed by atoms with Crippen LogP contribution in [0.5, 0.6) is 5.75 Å². The Labute approximate surface area is 126 Å². The number of nitrogens with one attached hydrogen (secondary N) is 1. The molecule has 0 radical (unpaired) electrons. The van der Waals surface area contributed by atoms with Crippen LogP contribution in [0.2, 0.25) is 0 Å². The van der Waals surface area contributed by atoms with Gasteiger partial charge in [0.25, 0.3) is 0 Å². The van der Waals surface area contributed by atoms with E-state index in [1.807, 2.05) is 24.3 Å². The second kappa shape index (κ2) is 5.95. The minimum Gasteiger partial charge on any atom is -0.496 e. The van der Waals surface area contributed by atoms with E-state index in [9.17, 15) is 4.79 Å². The zero-order chi connectivity index (χ0) is 14.8. The van der Waals surface area contributed by atoms with Gasteiger partial charge >= 0.3 is 5.69 Å². The highest BCUT2D eigenvalue weighted by molar-refractivity contribution is 7.99. The summed E-state index contributed by atoms with van der Waals surface area (Å²) in [6.07, 6.45) is 2.07. The SMILES string of the molecule is COc1ccccc1C(CN)Sc1n[nH]c(=O)n1C1CC1. The zero-order valence-corrected chi connectivity index (χ0v) is 12.6. The number of benzene rings is 1. The zero-order valence-electron chi connectivity index (χ0n) is 11.8. The van der Waals surface area contributed by atoms with Crippen molar-refractivity contribution < 1.29 is 4.74 Å². The fourth-order valence-electron chi connectivity index (χ4n) is 2.33. The van der Waals surface area contributed by atoms with Gasteiger partial charge in [-0.2, -0.15) is 0 Å². The normalized spacial score (nSPS) is 15.9. The summed E-state index contributed by atoms with van der Waals surface area (Å²) in [5.41, 5.74) is 6.80. The Morgan fingerprint density at radius 1 is 1.52 bits per heavy atom. The number of aromatic nitrogens is 3. The van der Waals surface area contributed by atoms with Gasteiger partial charge < -0.3 is 10.5 Å². The number of nitrogens with zero attached hydrogens (tertiary/aromatic N) is 2. The molecular weight excluding hydrogens is 288 g/mol. The maximum atomic E-state index is 11.8. The third-order valence-corrected chi connectivity index (χ3v) is 4.76. The van der Waals surface area contributed by atoms with Gasteiger partial charge in [-0.1, -0.05) is 30.0 Å². The maximum absolute atomic E-state index is 11.8. The highest BCUT2D eigenvalue weighted by atomic mass is 32.2. The molecule has 112 valence electrons. The number of thioether (sulfide) groups is 1. The summed E-state index contributed by atoms with van der Waals surface area (Å²) < 4.78 is 7.13. The molecule has 7 heteroatoms. The van der Waals surface area contributed by atoms with E-state index in [4.69, 9.17) is 10.5 Å². The molecule has 1 fully saturated rings. The molecule has 2 aromatic rings. The number of nitrogens with two attached hydrogens (primary N) is 1. The van der Waals surface area contributed by atoms with Gasteiger partial charge in [-0.3, -0.25) is 4.57 Å². The molecule has 1 aliphatic rings. The Morgan fingerprint density at radius 2 is 2.29 bits per heavy atom. The number of rotatable bonds is 6. The fourth-order valence-corrected chi connectivity index (χ4v) is 3.44. The van der Waals surface area contributed by atoms with Crippen LogP contribution in [0, 0.1) is 0 Å². The number of ether oxygens (including phenoxy) is 1. The predicted molar refractivity (Wildman–Crippen MR) is 81.8 cm³/mol. The summed E-state index contributed by atoms with van der Waals surface area (Å²) in [4.78, 5) is 11.8. The molecule has 1 saturated carbocycles. The lowest BCUT2D eigenvalue weighted by molar-refractivity contribution is 0.409. The Kier molecular flexibility index (Phi) is 4.03. The largest absolute Gasteiger partial charge is 0.496 e. The predicted octanol–water partition coefficient (Wildman–Crippen LogP) is 1.71. The summed E-state index contributed by atoms with van der Waals surface area (Å²) in [5.74, 6) is 0.802. The van der Waals surface area contributed by atoms with E-state index in [1.54, 1.807) is 11.7 Å². The van der Waals surface area contributed by atoms with Crippen LogP contribution in [-0.2, 0) is 0 Å². The first-order valence-corrected chi connectivity index (χ1v) is 7.79. The van der Waals surface area contributed by atoms with Crippen LogP contribution in [0.1, 0.15) is 29.7 Å². The molecular formula is C14H18N4O2S. The van der Waals surface area contributed by atoms with Crippen molar-refractivity contribution in [2.75, 3.05) is 13.7 Å². The van der Waals surface area contributed by atoms with Crippen molar-refractivity contribution in [3.05, 3.63) is 40.3 Å². The van der Waals surface area contributed by atoms with E-state index in [0.29, 0.717) is 11.7 Å². The Hall–Kier alpha value is -1.73. The molecule has 3 rings (SSSR count). The van der Waals surface area contributed by atoms with Gasteiger partial charge in [0.15, 0.2) is 5.16 Å². The number of hydrogen-bond donors (Lipinski definition) is 2. The summed E-state index contributed by atoms with van der Waals surface area (Å²) >= 11 is 1.50. The summed E-state index contributed by atoms with van der Waals surface area (Å²) in [6, 6.07) is 8.08. The van der Waals surface area contributed by atoms with Crippen molar-refractivity contribution in [2.24, 2.45) is 5.73 Å². The van der Waals surface area contributed by atoms with Crippen LogP contribution < -0.4 is 16.2 Å². The van der Waals surface area contributed by atoms with Gasteiger partial charge in [0, 0.05) is 18.2 Å². The first kappa shape index (κ1) is 14.2. The molecule has 21 heavy (non-hydrogen) atoms. The standard InChI is InChI=1S/C14H18N4O2S/c1-20-11-5-3-2-4-10(11)12(8-15)21-14-17-16-13(19)18(14)9-6-7-9/h2-5,9,12H,6-8,15H2,1H3,(H,16,19). The van der Waals surface area contributed by atoms with Gasteiger partial charge in [-0.15, -0.1) is 5.10 Å². The highest BCUT2D eigenvalue weighted by Gasteiger charge is 2.30. The molecule has 0 spiro atoms. The van der Waals surface area contributed by atoms with Crippen molar-refractivity contribution in [1.82, 2.24) is 14.8 Å². The molecule has 1 aromatic carbocycles. The van der Waals surface area contributed by atoms with E-state index in [2.05, 4.69) is 10.2 Å². The van der Waals surface area contributed by atoms with Gasteiger partial charge in [0.2, 0.25) is 0 Å². The third kappa shape index (κ3) is 2.84. The van der Waals surface area contributed by atoms with Gasteiger partial charge in [0.05, 0.1) is 12.4 Å². The van der Waals surface area contributed by atoms with Crippen molar-refractivity contribution in [1.29, 1.82) is 0 Å². The van der Waals surface area contributed by atoms with Crippen LogP contribution in [0.3, 0.4) is 0 Å². The molecule has 0 aliphatic heterocycles. The second-order valence-electron chi connectivity index (χ2n) is 5.00. The fraction of sp³-hybridized carbons (Fsp3) is 0.429. The summed E-state index contributed by atoms with van der Waals surface area (Å²) in [5, 5.41) is 7.36. The van der Waals surface area contributed by atoms with Gasteiger partial charge in [0.1, 0.15) is 5.75 Å². The van der Waals surface area contributed by atoms with E-state index < -0.39 is 0 Å². The molecule has 1 unspecified atom stereocenters. The van der Waals surface area contributed by atoms with Crippen molar-refractivity contribution in [3.63, 3.8) is 0 Å². The molecule has 6 nitrogen and oxygen atoms in total. The molecule has 0 amide bonds. The van der Waals surface area contributed by atoms with Crippen LogP contribution in [0.15, 0.2) is 34.2 Å². The molecule has 1 aromatic heterocycles. The first-order chi connectivity index (χ1) is 10.2. The third-order valence-electron chi connectivity index (χ3n) is 3.53. The van der Waals surface area contributed by atoms with Crippen molar-refractivity contribution in [3.8, 4) is 5.75 Å². The second-order valence-corrected chi connectivity index (χ2v) is 6.17. The molecule has 0 bridgehead atoms. The molecule has 3 N–H and O–H groups in total. The van der Waals surface area contributed by atoms with E-state index in [-0.39, 0.29) is 17.0 Å². The van der Waals surface area contributed by atoms with Crippen LogP contribution in [0.4, 0.5) is 0 Å².